The molecule has 20 heavy (non-hydrogen) atoms. The van der Waals surface area contributed by atoms with Gasteiger partial charge in [-0.25, -0.2) is 4.79 Å². The molecule has 1 rings (SSSR count). The Balaban J connectivity index is 2.34. The van der Waals surface area contributed by atoms with Gasteiger partial charge in [0.25, 0.3) is 5.24 Å². The van der Waals surface area contributed by atoms with Gasteiger partial charge in [0.2, 0.25) is 5.91 Å². The average molecular weight is 296 g/mol. The van der Waals surface area contributed by atoms with Gasteiger partial charge >= 0.3 is 5.97 Å². The second kappa shape index (κ2) is 8.21. The first-order chi connectivity index (χ1) is 9.49. The molecule has 1 aromatic carbocycles. The van der Waals surface area contributed by atoms with Crippen LogP contribution in [0.4, 0.5) is 4.79 Å². The van der Waals surface area contributed by atoms with Crippen molar-refractivity contribution in [2.24, 2.45) is 0 Å². The highest BCUT2D eigenvalue weighted by Gasteiger charge is 2.19. The highest BCUT2D eigenvalue weighted by molar-refractivity contribution is 8.13. The van der Waals surface area contributed by atoms with Crippen LogP contribution in [0, 0.1) is 0 Å². The van der Waals surface area contributed by atoms with Gasteiger partial charge in [-0.15, -0.1) is 0 Å². The van der Waals surface area contributed by atoms with Gasteiger partial charge in [0.1, 0.15) is 6.04 Å². The van der Waals surface area contributed by atoms with Gasteiger partial charge in [0.15, 0.2) is 0 Å². The molecule has 0 aliphatic heterocycles. The molecule has 0 aliphatic rings. The number of rotatable bonds is 6. The van der Waals surface area contributed by atoms with E-state index in [2.05, 4.69) is 10.6 Å². The summed E-state index contributed by atoms with van der Waals surface area (Å²) in [5.41, 5.74) is 0.957. The van der Waals surface area contributed by atoms with Crippen LogP contribution >= 0.6 is 11.8 Å². The van der Waals surface area contributed by atoms with Gasteiger partial charge in [-0.2, -0.15) is 0 Å². The molecule has 7 heteroatoms. The van der Waals surface area contributed by atoms with Gasteiger partial charge < -0.3 is 15.7 Å². The van der Waals surface area contributed by atoms with Crippen LogP contribution in [-0.4, -0.2) is 34.0 Å². The number of benzene rings is 1. The van der Waals surface area contributed by atoms with E-state index in [-0.39, 0.29) is 11.0 Å². The van der Waals surface area contributed by atoms with Crippen molar-refractivity contribution in [3.63, 3.8) is 0 Å². The summed E-state index contributed by atoms with van der Waals surface area (Å²) >= 11 is 0.829. The first kappa shape index (κ1) is 16.0. The largest absolute Gasteiger partial charge is 0.480 e. The Labute approximate surface area is 120 Å². The summed E-state index contributed by atoms with van der Waals surface area (Å²) in [5, 5.41) is 13.5. The monoisotopic (exact) mass is 296 g/mol. The Morgan fingerprint density at radius 1 is 1.25 bits per heavy atom. The van der Waals surface area contributed by atoms with Crippen molar-refractivity contribution in [1.29, 1.82) is 0 Å². The van der Waals surface area contributed by atoms with E-state index in [0.717, 1.165) is 17.3 Å². The second-order valence-corrected chi connectivity index (χ2v) is 5.02. The number of hydrogen-bond acceptors (Lipinski definition) is 4. The van der Waals surface area contributed by atoms with E-state index in [9.17, 15) is 14.4 Å². The van der Waals surface area contributed by atoms with Gasteiger partial charge in [-0.1, -0.05) is 42.1 Å². The predicted molar refractivity (Wildman–Crippen MR) is 76.4 cm³/mol. The van der Waals surface area contributed by atoms with Crippen molar-refractivity contribution < 1.29 is 19.5 Å². The zero-order valence-electron chi connectivity index (χ0n) is 11.0. The lowest BCUT2D eigenvalue weighted by Crippen LogP contribution is -2.42. The minimum atomic E-state index is -1.16. The van der Waals surface area contributed by atoms with Crippen LogP contribution in [-0.2, 0) is 16.1 Å². The van der Waals surface area contributed by atoms with Crippen LogP contribution in [0.2, 0.25) is 0 Å². The molecule has 3 N–H and O–H groups in total. The van der Waals surface area contributed by atoms with E-state index in [1.54, 1.807) is 0 Å². The minimum Gasteiger partial charge on any atom is -0.480 e. The summed E-state index contributed by atoms with van der Waals surface area (Å²) < 4.78 is 0. The standard InChI is InChI=1S/C13H16N2O4S/c1-9(16)15-11(12(17)18)8-20-13(19)14-7-10-5-3-2-4-6-10/h2-6,11H,7-8H2,1H3,(H,14,19)(H,15,16)(H,17,18)/t11-/m0/s1. The molecule has 0 unspecified atom stereocenters. The number of carbonyl (C=O) groups excluding carboxylic acids is 2. The first-order valence-electron chi connectivity index (χ1n) is 5.93. The summed E-state index contributed by atoms with van der Waals surface area (Å²) in [5.74, 6) is -1.62. The fourth-order valence-electron chi connectivity index (χ4n) is 1.40. The van der Waals surface area contributed by atoms with Crippen LogP contribution < -0.4 is 10.6 Å². The SMILES string of the molecule is CC(=O)N[C@@H](CSC(=O)NCc1ccccc1)C(=O)O. The smallest absolute Gasteiger partial charge is 0.327 e. The highest BCUT2D eigenvalue weighted by atomic mass is 32.2. The van der Waals surface area contributed by atoms with Crippen molar-refractivity contribution in [3.05, 3.63) is 35.9 Å². The Hall–Kier alpha value is -2.02. The van der Waals surface area contributed by atoms with Crippen LogP contribution in [0.25, 0.3) is 0 Å². The average Bonchev–Trinajstić information content (AvgIpc) is 2.41. The number of thioether (sulfide) groups is 1. The molecule has 1 aromatic rings. The topological polar surface area (TPSA) is 95.5 Å². The highest BCUT2D eigenvalue weighted by Crippen LogP contribution is 2.06. The Bertz CT molecular complexity index is 479. The maximum absolute atomic E-state index is 11.6. The molecule has 108 valence electrons. The van der Waals surface area contributed by atoms with E-state index < -0.39 is 17.9 Å². The Morgan fingerprint density at radius 2 is 1.90 bits per heavy atom. The Kier molecular flexibility index (Phi) is 6.58. The zero-order valence-corrected chi connectivity index (χ0v) is 11.8. The number of amides is 2. The van der Waals surface area contributed by atoms with E-state index >= 15 is 0 Å². The van der Waals surface area contributed by atoms with Crippen LogP contribution in [0.3, 0.4) is 0 Å². The van der Waals surface area contributed by atoms with Crippen molar-refractivity contribution in [1.82, 2.24) is 10.6 Å². The molecule has 0 aromatic heterocycles. The van der Waals surface area contributed by atoms with E-state index in [4.69, 9.17) is 5.11 Å². The predicted octanol–water partition coefficient (Wildman–Crippen LogP) is 1.22. The first-order valence-corrected chi connectivity index (χ1v) is 6.92. The number of carbonyl (C=O) groups is 3. The fourth-order valence-corrected chi connectivity index (χ4v) is 2.12. The number of aliphatic carboxylic acids is 1. The molecule has 0 radical (unpaired) electrons. The summed E-state index contributed by atoms with van der Waals surface area (Å²) in [6, 6.07) is 8.30. The molecule has 6 nitrogen and oxygen atoms in total. The molecule has 0 spiro atoms. The van der Waals surface area contributed by atoms with Gasteiger partial charge in [-0.3, -0.25) is 9.59 Å². The van der Waals surface area contributed by atoms with Gasteiger partial charge in [0.05, 0.1) is 0 Å². The third kappa shape index (κ3) is 6.24. The third-order valence-corrected chi connectivity index (χ3v) is 3.24. The van der Waals surface area contributed by atoms with Crippen molar-refractivity contribution >= 4 is 28.9 Å². The van der Waals surface area contributed by atoms with Crippen molar-refractivity contribution in [3.8, 4) is 0 Å². The van der Waals surface area contributed by atoms with Crippen LogP contribution in [0.1, 0.15) is 12.5 Å². The minimum absolute atomic E-state index is 0.0183. The molecule has 2 amide bonds. The van der Waals surface area contributed by atoms with Crippen molar-refractivity contribution in [2.45, 2.75) is 19.5 Å². The molecule has 0 aliphatic carbocycles. The molecule has 1 atom stereocenters. The normalized spacial score (nSPS) is 11.4. The van der Waals surface area contributed by atoms with Gasteiger partial charge in [-0.05, 0) is 5.56 Å². The van der Waals surface area contributed by atoms with E-state index in [0.29, 0.717) is 6.54 Å². The summed E-state index contributed by atoms with van der Waals surface area (Å²) in [6.45, 7) is 1.61. The molecule has 0 saturated carbocycles. The Morgan fingerprint density at radius 3 is 2.45 bits per heavy atom. The number of nitrogens with one attached hydrogen (secondary N) is 2. The lowest BCUT2D eigenvalue weighted by molar-refractivity contribution is -0.140. The van der Waals surface area contributed by atoms with E-state index in [1.165, 1.54) is 6.92 Å². The lowest BCUT2D eigenvalue weighted by atomic mass is 10.2. The molecule has 0 heterocycles. The summed E-state index contributed by atoms with van der Waals surface area (Å²) in [6.07, 6.45) is 0. The number of carboxylic acids is 1. The van der Waals surface area contributed by atoms with Crippen LogP contribution in [0.15, 0.2) is 30.3 Å². The quantitative estimate of drug-likeness (QED) is 0.733. The maximum Gasteiger partial charge on any atom is 0.327 e. The molecule has 0 bridgehead atoms. The molecule has 0 saturated heterocycles. The lowest BCUT2D eigenvalue weighted by Gasteiger charge is -2.12. The van der Waals surface area contributed by atoms with Gasteiger partial charge in [0, 0.05) is 19.2 Å². The molecular formula is C13H16N2O4S. The molecular weight excluding hydrogens is 280 g/mol. The zero-order chi connectivity index (χ0) is 15.0. The third-order valence-electron chi connectivity index (χ3n) is 2.34. The maximum atomic E-state index is 11.6. The molecule has 0 fully saturated rings. The second-order valence-electron chi connectivity index (χ2n) is 4.03. The fraction of sp³-hybridized carbons (Fsp3) is 0.308. The summed E-state index contributed by atoms with van der Waals surface area (Å²) in [4.78, 5) is 33.3. The number of carboxylic acid groups (broad SMARTS) is 1. The van der Waals surface area contributed by atoms with Crippen molar-refractivity contribution in [2.75, 3.05) is 5.75 Å². The number of hydrogen-bond donors (Lipinski definition) is 3. The summed E-state index contributed by atoms with van der Waals surface area (Å²) in [7, 11) is 0. The van der Waals surface area contributed by atoms with E-state index in [1.807, 2.05) is 30.3 Å². The van der Waals surface area contributed by atoms with Crippen LogP contribution in [0.5, 0.6) is 0 Å².